The zero-order chi connectivity index (χ0) is 18.0. The smallest absolute Gasteiger partial charge is 0.228 e. The molecule has 2 amide bonds. The van der Waals surface area contributed by atoms with Gasteiger partial charge >= 0.3 is 0 Å². The van der Waals surface area contributed by atoms with Crippen molar-refractivity contribution in [2.24, 2.45) is 11.8 Å². The Balaban J connectivity index is 1.60. The Labute approximate surface area is 146 Å². The van der Waals surface area contributed by atoms with Crippen LogP contribution in [0.4, 0.5) is 11.4 Å². The minimum Gasteiger partial charge on any atom is -0.326 e. The second-order valence-corrected chi connectivity index (χ2v) is 6.37. The molecule has 2 atom stereocenters. The first-order valence-corrected chi connectivity index (χ1v) is 8.17. The first-order valence-electron chi connectivity index (χ1n) is 8.17. The van der Waals surface area contributed by atoms with Crippen molar-refractivity contribution < 1.29 is 9.59 Å². The molecule has 2 unspecified atom stereocenters. The second kappa shape index (κ2) is 6.78. The van der Waals surface area contributed by atoms with Crippen LogP contribution in [-0.2, 0) is 9.59 Å². The van der Waals surface area contributed by atoms with Crippen LogP contribution in [0, 0.1) is 37.0 Å². The highest BCUT2D eigenvalue weighted by atomic mass is 16.2. The van der Waals surface area contributed by atoms with Gasteiger partial charge in [0.25, 0.3) is 0 Å². The molecular formula is C20H19N3O2. The van der Waals surface area contributed by atoms with E-state index in [2.05, 4.69) is 10.6 Å². The quantitative estimate of drug-likeness (QED) is 0.900. The Bertz CT molecular complexity index is 883. The predicted octanol–water partition coefficient (Wildman–Crippen LogP) is 3.39. The summed E-state index contributed by atoms with van der Waals surface area (Å²) in [6.07, 6.45) is 0.542. The van der Waals surface area contributed by atoms with Crippen LogP contribution in [0.2, 0.25) is 0 Å². The SMILES string of the molecule is Cc1cccc(NC(=O)C2CC2C(=O)Nc2cccc(C#N)c2)c1C. The molecule has 2 aromatic rings. The molecule has 5 heteroatoms. The van der Waals surface area contributed by atoms with Gasteiger partial charge in [0.2, 0.25) is 11.8 Å². The first-order chi connectivity index (χ1) is 12.0. The van der Waals surface area contributed by atoms with Gasteiger partial charge in [-0.2, -0.15) is 5.26 Å². The Kier molecular flexibility index (Phi) is 4.53. The Morgan fingerprint density at radius 3 is 2.44 bits per heavy atom. The summed E-state index contributed by atoms with van der Waals surface area (Å²) in [4.78, 5) is 24.7. The number of carbonyl (C=O) groups excluding carboxylic acids is 2. The van der Waals surface area contributed by atoms with Crippen molar-refractivity contribution in [3.8, 4) is 6.07 Å². The maximum atomic E-state index is 12.4. The van der Waals surface area contributed by atoms with Crippen LogP contribution in [0.3, 0.4) is 0 Å². The third kappa shape index (κ3) is 3.69. The zero-order valence-corrected chi connectivity index (χ0v) is 14.2. The van der Waals surface area contributed by atoms with E-state index in [4.69, 9.17) is 5.26 Å². The van der Waals surface area contributed by atoms with E-state index in [1.54, 1.807) is 24.3 Å². The topological polar surface area (TPSA) is 82.0 Å². The molecule has 0 bridgehead atoms. The molecule has 2 N–H and O–H groups in total. The maximum absolute atomic E-state index is 12.4. The predicted molar refractivity (Wildman–Crippen MR) is 95.9 cm³/mol. The Morgan fingerprint density at radius 2 is 1.72 bits per heavy atom. The van der Waals surface area contributed by atoms with Gasteiger partial charge in [-0.25, -0.2) is 0 Å². The van der Waals surface area contributed by atoms with E-state index in [1.807, 2.05) is 38.1 Å². The fourth-order valence-electron chi connectivity index (χ4n) is 2.79. The van der Waals surface area contributed by atoms with Crippen LogP contribution in [0.5, 0.6) is 0 Å². The fraction of sp³-hybridized carbons (Fsp3) is 0.250. The summed E-state index contributed by atoms with van der Waals surface area (Å²) in [5.41, 5.74) is 3.99. The summed E-state index contributed by atoms with van der Waals surface area (Å²) in [6.45, 7) is 3.96. The van der Waals surface area contributed by atoms with Crippen molar-refractivity contribution in [2.45, 2.75) is 20.3 Å². The van der Waals surface area contributed by atoms with Crippen molar-refractivity contribution in [2.75, 3.05) is 10.6 Å². The molecule has 0 heterocycles. The standard InChI is InChI=1S/C20H19N3O2/c1-12-5-3-8-18(13(12)2)23-20(25)17-10-16(17)19(24)22-15-7-4-6-14(9-15)11-21/h3-9,16-17H,10H2,1-2H3,(H,22,24)(H,23,25). The van der Waals surface area contributed by atoms with Gasteiger partial charge < -0.3 is 10.6 Å². The van der Waals surface area contributed by atoms with Gasteiger partial charge in [-0.15, -0.1) is 0 Å². The molecule has 25 heavy (non-hydrogen) atoms. The molecular weight excluding hydrogens is 314 g/mol. The van der Waals surface area contributed by atoms with E-state index < -0.39 is 0 Å². The number of hydrogen-bond acceptors (Lipinski definition) is 3. The highest BCUT2D eigenvalue weighted by Crippen LogP contribution is 2.40. The number of nitrogens with zero attached hydrogens (tertiary/aromatic N) is 1. The van der Waals surface area contributed by atoms with E-state index in [1.165, 1.54) is 0 Å². The van der Waals surface area contributed by atoms with Crippen molar-refractivity contribution in [1.29, 1.82) is 5.26 Å². The van der Waals surface area contributed by atoms with Gasteiger partial charge in [-0.1, -0.05) is 18.2 Å². The van der Waals surface area contributed by atoms with Gasteiger partial charge in [0, 0.05) is 11.4 Å². The molecule has 0 radical (unpaired) electrons. The molecule has 0 saturated heterocycles. The van der Waals surface area contributed by atoms with Gasteiger partial charge in [-0.3, -0.25) is 9.59 Å². The molecule has 3 rings (SSSR count). The summed E-state index contributed by atoms with van der Waals surface area (Å²) >= 11 is 0. The van der Waals surface area contributed by atoms with Crippen LogP contribution in [0.1, 0.15) is 23.1 Å². The number of benzene rings is 2. The Hall–Kier alpha value is -3.13. The lowest BCUT2D eigenvalue weighted by Crippen LogP contribution is -2.21. The number of anilines is 2. The Morgan fingerprint density at radius 1 is 1.04 bits per heavy atom. The molecule has 1 fully saturated rings. The molecule has 1 aliphatic rings. The van der Waals surface area contributed by atoms with E-state index >= 15 is 0 Å². The molecule has 2 aromatic carbocycles. The molecule has 0 spiro atoms. The number of nitrogens with one attached hydrogen (secondary N) is 2. The zero-order valence-electron chi connectivity index (χ0n) is 14.2. The minimum atomic E-state index is -0.323. The van der Waals surface area contributed by atoms with Gasteiger partial charge in [0.1, 0.15) is 0 Å². The summed E-state index contributed by atoms with van der Waals surface area (Å²) in [5, 5.41) is 14.6. The van der Waals surface area contributed by atoms with Gasteiger partial charge in [0.15, 0.2) is 0 Å². The number of amides is 2. The van der Waals surface area contributed by atoms with Crippen molar-refractivity contribution >= 4 is 23.2 Å². The maximum Gasteiger partial charge on any atom is 0.228 e. The fourth-order valence-corrected chi connectivity index (χ4v) is 2.79. The molecule has 1 aliphatic carbocycles. The van der Waals surface area contributed by atoms with Crippen LogP contribution < -0.4 is 10.6 Å². The van der Waals surface area contributed by atoms with Crippen LogP contribution in [0.25, 0.3) is 0 Å². The minimum absolute atomic E-state index is 0.125. The molecule has 0 aliphatic heterocycles. The molecule has 1 saturated carbocycles. The molecule has 5 nitrogen and oxygen atoms in total. The number of hydrogen-bond donors (Lipinski definition) is 2. The third-order valence-corrected chi connectivity index (χ3v) is 4.59. The highest BCUT2D eigenvalue weighted by Gasteiger charge is 2.48. The average molecular weight is 333 g/mol. The monoisotopic (exact) mass is 333 g/mol. The summed E-state index contributed by atoms with van der Waals surface area (Å²) in [6, 6.07) is 14.5. The summed E-state index contributed by atoms with van der Waals surface area (Å²) < 4.78 is 0. The van der Waals surface area contributed by atoms with Crippen molar-refractivity contribution in [3.05, 3.63) is 59.2 Å². The highest BCUT2D eigenvalue weighted by molar-refractivity contribution is 6.03. The number of rotatable bonds is 4. The summed E-state index contributed by atoms with van der Waals surface area (Å²) in [7, 11) is 0. The number of nitriles is 1. The van der Waals surface area contributed by atoms with Crippen LogP contribution >= 0.6 is 0 Å². The van der Waals surface area contributed by atoms with E-state index in [-0.39, 0.29) is 23.7 Å². The normalized spacial score (nSPS) is 18.1. The van der Waals surface area contributed by atoms with Gasteiger partial charge in [0.05, 0.1) is 23.5 Å². The van der Waals surface area contributed by atoms with Crippen LogP contribution in [-0.4, -0.2) is 11.8 Å². The van der Waals surface area contributed by atoms with E-state index in [0.29, 0.717) is 17.7 Å². The summed E-state index contributed by atoms with van der Waals surface area (Å²) in [5.74, 6) is -0.939. The largest absolute Gasteiger partial charge is 0.326 e. The average Bonchev–Trinajstić information content (AvgIpc) is 3.40. The molecule has 126 valence electrons. The van der Waals surface area contributed by atoms with Crippen LogP contribution in [0.15, 0.2) is 42.5 Å². The van der Waals surface area contributed by atoms with E-state index in [9.17, 15) is 9.59 Å². The third-order valence-electron chi connectivity index (χ3n) is 4.59. The van der Waals surface area contributed by atoms with Gasteiger partial charge in [-0.05, 0) is 55.7 Å². The number of carbonyl (C=O) groups is 2. The van der Waals surface area contributed by atoms with E-state index in [0.717, 1.165) is 16.8 Å². The van der Waals surface area contributed by atoms with Crippen molar-refractivity contribution in [3.63, 3.8) is 0 Å². The molecule has 0 aromatic heterocycles. The lowest BCUT2D eigenvalue weighted by Gasteiger charge is -2.10. The van der Waals surface area contributed by atoms with Crippen molar-refractivity contribution in [1.82, 2.24) is 0 Å². The first kappa shape index (κ1) is 16.7. The lowest BCUT2D eigenvalue weighted by molar-refractivity contribution is -0.122. The lowest BCUT2D eigenvalue weighted by atomic mass is 10.1. The second-order valence-electron chi connectivity index (χ2n) is 6.37. The number of aryl methyl sites for hydroxylation is 1.